The van der Waals surface area contributed by atoms with Crippen molar-refractivity contribution in [2.75, 3.05) is 26.2 Å². The molecule has 0 aliphatic carbocycles. The van der Waals surface area contributed by atoms with Gasteiger partial charge in [0.15, 0.2) is 0 Å². The topological polar surface area (TPSA) is 24.5 Å². The van der Waals surface area contributed by atoms with Crippen molar-refractivity contribution in [1.82, 2.24) is 10.2 Å². The fourth-order valence-corrected chi connectivity index (χ4v) is 3.15. The van der Waals surface area contributed by atoms with Crippen LogP contribution >= 0.6 is 0 Å². The summed E-state index contributed by atoms with van der Waals surface area (Å²) in [7, 11) is 0. The number of hydrogen-bond acceptors (Lipinski definition) is 3. The Morgan fingerprint density at radius 1 is 1.12 bits per heavy atom. The highest BCUT2D eigenvalue weighted by molar-refractivity contribution is 5.32. The molecule has 2 rings (SSSR count). The molecule has 0 spiro atoms. The lowest BCUT2D eigenvalue weighted by Gasteiger charge is -2.42. The summed E-state index contributed by atoms with van der Waals surface area (Å²) in [6.45, 7) is 9.59. The zero-order valence-corrected chi connectivity index (χ0v) is 14.2. The van der Waals surface area contributed by atoms with E-state index < -0.39 is 12.5 Å². The molecule has 1 atom stereocenters. The molecule has 136 valence electrons. The van der Waals surface area contributed by atoms with Crippen molar-refractivity contribution in [2.45, 2.75) is 39.3 Å². The van der Waals surface area contributed by atoms with Gasteiger partial charge in [-0.2, -0.15) is 17.6 Å². The minimum Gasteiger partial charge on any atom is -0.428 e. The number of halogens is 4. The van der Waals surface area contributed by atoms with Crippen LogP contribution in [0.2, 0.25) is 0 Å². The Bertz CT molecular complexity index is 540. The quantitative estimate of drug-likeness (QED) is 0.817. The minimum atomic E-state index is -4.50. The molecule has 1 saturated heterocycles. The van der Waals surface area contributed by atoms with E-state index in [0.717, 1.165) is 31.7 Å². The minimum absolute atomic E-state index is 0.0247. The van der Waals surface area contributed by atoms with Crippen LogP contribution < -0.4 is 10.1 Å². The van der Waals surface area contributed by atoms with Gasteiger partial charge >= 0.3 is 12.5 Å². The number of ether oxygens (including phenoxy) is 1. The molecule has 1 aromatic rings. The molecule has 1 aliphatic rings. The molecule has 7 heteroatoms. The van der Waals surface area contributed by atoms with Crippen LogP contribution in [0.25, 0.3) is 0 Å². The predicted octanol–water partition coefficient (Wildman–Crippen LogP) is 3.92. The third-order valence-electron chi connectivity index (χ3n) is 4.02. The van der Waals surface area contributed by atoms with Crippen LogP contribution in [0.4, 0.5) is 17.6 Å². The summed E-state index contributed by atoms with van der Waals surface area (Å²) in [5.74, 6) is -0.248. The third-order valence-corrected chi connectivity index (χ3v) is 4.02. The van der Waals surface area contributed by atoms with Gasteiger partial charge in [0.1, 0.15) is 5.75 Å². The number of piperazine rings is 1. The average Bonchev–Trinajstić information content (AvgIpc) is 2.47. The first-order valence-electron chi connectivity index (χ1n) is 8.01. The first-order chi connectivity index (χ1) is 11.1. The lowest BCUT2D eigenvalue weighted by molar-refractivity contribution is -0.253. The van der Waals surface area contributed by atoms with Crippen LogP contribution in [0.1, 0.15) is 32.4 Å². The van der Waals surface area contributed by atoms with Gasteiger partial charge < -0.3 is 10.1 Å². The molecule has 0 unspecified atom stereocenters. The summed E-state index contributed by atoms with van der Waals surface area (Å²) < 4.78 is 55.3. The molecule has 1 N–H and O–H groups in total. The van der Waals surface area contributed by atoms with E-state index in [1.807, 2.05) is 6.07 Å². The summed E-state index contributed by atoms with van der Waals surface area (Å²) in [4.78, 5) is 2.28. The Kier molecular flexibility index (Phi) is 5.75. The van der Waals surface area contributed by atoms with E-state index in [4.69, 9.17) is 0 Å². The first kappa shape index (κ1) is 19.0. The van der Waals surface area contributed by atoms with Crippen molar-refractivity contribution in [2.24, 2.45) is 5.41 Å². The molecule has 3 nitrogen and oxygen atoms in total. The molecule has 1 aromatic carbocycles. The van der Waals surface area contributed by atoms with Crippen LogP contribution in [-0.2, 0) is 0 Å². The van der Waals surface area contributed by atoms with Gasteiger partial charge in [0.05, 0.1) is 0 Å². The number of nitrogens with zero attached hydrogens (tertiary/aromatic N) is 1. The lowest BCUT2D eigenvalue weighted by Crippen LogP contribution is -2.48. The number of benzene rings is 1. The van der Waals surface area contributed by atoms with Crippen LogP contribution in [0.5, 0.6) is 5.75 Å². The van der Waals surface area contributed by atoms with E-state index in [9.17, 15) is 17.6 Å². The van der Waals surface area contributed by atoms with Crippen LogP contribution in [0.3, 0.4) is 0 Å². The predicted molar refractivity (Wildman–Crippen MR) is 84.7 cm³/mol. The fourth-order valence-electron chi connectivity index (χ4n) is 3.15. The van der Waals surface area contributed by atoms with Gasteiger partial charge in [0, 0.05) is 32.2 Å². The normalized spacial score (nSPS) is 18.7. The molecule has 1 heterocycles. The van der Waals surface area contributed by atoms with Crippen LogP contribution in [0, 0.1) is 5.41 Å². The van der Waals surface area contributed by atoms with E-state index in [-0.39, 0.29) is 17.2 Å². The Morgan fingerprint density at radius 2 is 1.75 bits per heavy atom. The smallest absolute Gasteiger partial charge is 0.428 e. The molecule has 0 bridgehead atoms. The van der Waals surface area contributed by atoms with Gasteiger partial charge in [-0.3, -0.25) is 4.90 Å². The first-order valence-corrected chi connectivity index (χ1v) is 8.01. The summed E-state index contributed by atoms with van der Waals surface area (Å²) in [6.07, 6.45) is -8.36. The van der Waals surface area contributed by atoms with Crippen molar-refractivity contribution in [3.05, 3.63) is 29.8 Å². The summed E-state index contributed by atoms with van der Waals surface area (Å²) in [5, 5.41) is 3.28. The summed E-state index contributed by atoms with van der Waals surface area (Å²) >= 11 is 0. The maximum absolute atomic E-state index is 13.2. The van der Waals surface area contributed by atoms with Gasteiger partial charge in [-0.25, -0.2) is 0 Å². The van der Waals surface area contributed by atoms with E-state index in [2.05, 4.69) is 35.7 Å². The Labute approximate surface area is 140 Å². The molecule has 1 fully saturated rings. The Morgan fingerprint density at radius 3 is 2.29 bits per heavy atom. The molecule has 0 radical (unpaired) electrons. The van der Waals surface area contributed by atoms with Crippen molar-refractivity contribution in [3.63, 3.8) is 0 Å². The van der Waals surface area contributed by atoms with Gasteiger partial charge in [0.2, 0.25) is 0 Å². The van der Waals surface area contributed by atoms with Gasteiger partial charge in [-0.05, 0) is 23.1 Å². The molecular formula is C17H24F4N2O. The molecule has 1 aliphatic heterocycles. The fraction of sp³-hybridized carbons (Fsp3) is 0.647. The highest BCUT2D eigenvalue weighted by atomic mass is 19.3. The number of rotatable bonds is 5. The molecule has 0 aromatic heterocycles. The van der Waals surface area contributed by atoms with Crippen LogP contribution in [-0.4, -0.2) is 43.6 Å². The van der Waals surface area contributed by atoms with Crippen LogP contribution in [0.15, 0.2) is 24.3 Å². The number of alkyl halides is 4. The number of nitrogens with one attached hydrogen (secondary N) is 1. The zero-order chi connectivity index (χ0) is 18.0. The second kappa shape index (κ2) is 7.27. The number of hydrogen-bond donors (Lipinski definition) is 1. The average molecular weight is 348 g/mol. The van der Waals surface area contributed by atoms with Crippen molar-refractivity contribution in [3.8, 4) is 5.75 Å². The van der Waals surface area contributed by atoms with Crippen molar-refractivity contribution < 1.29 is 22.3 Å². The van der Waals surface area contributed by atoms with E-state index in [1.165, 1.54) is 12.1 Å². The monoisotopic (exact) mass is 348 g/mol. The van der Waals surface area contributed by atoms with Crippen molar-refractivity contribution in [1.29, 1.82) is 0 Å². The molecule has 24 heavy (non-hydrogen) atoms. The second-order valence-electron chi connectivity index (χ2n) is 7.09. The Balaban J connectivity index is 2.29. The third kappa shape index (κ3) is 4.60. The SMILES string of the molecule is CC(C)(C)[C@H](c1cccc(OC(F)(F)C(F)F)c1)N1CCNCC1. The maximum Gasteiger partial charge on any atom is 0.461 e. The maximum atomic E-state index is 13.2. The van der Waals surface area contributed by atoms with Crippen molar-refractivity contribution >= 4 is 0 Å². The van der Waals surface area contributed by atoms with Gasteiger partial charge in [-0.15, -0.1) is 0 Å². The highest BCUT2D eigenvalue weighted by Gasteiger charge is 2.44. The van der Waals surface area contributed by atoms with E-state index in [1.54, 1.807) is 6.07 Å². The molecule has 0 amide bonds. The van der Waals surface area contributed by atoms with E-state index >= 15 is 0 Å². The standard InChI is InChI=1S/C17H24F4N2O/c1-16(2,3)14(23-9-7-22-8-10-23)12-5-4-6-13(11-12)24-17(20,21)15(18)19/h4-6,11,14-15,22H,7-10H2,1-3H3/t14-/m0/s1. The Hall–Kier alpha value is -1.34. The summed E-state index contributed by atoms with van der Waals surface area (Å²) in [5.41, 5.74) is 0.633. The lowest BCUT2D eigenvalue weighted by atomic mass is 9.81. The van der Waals surface area contributed by atoms with Gasteiger partial charge in [-0.1, -0.05) is 32.9 Å². The largest absolute Gasteiger partial charge is 0.461 e. The summed E-state index contributed by atoms with van der Waals surface area (Å²) in [6, 6.07) is 6.08. The van der Waals surface area contributed by atoms with E-state index in [0.29, 0.717) is 0 Å². The zero-order valence-electron chi connectivity index (χ0n) is 14.2. The highest BCUT2D eigenvalue weighted by Crippen LogP contribution is 2.39. The van der Waals surface area contributed by atoms with Gasteiger partial charge in [0.25, 0.3) is 0 Å². The second-order valence-corrected chi connectivity index (χ2v) is 7.09. The molecular weight excluding hydrogens is 324 g/mol. The molecule has 0 saturated carbocycles.